The van der Waals surface area contributed by atoms with Gasteiger partial charge in [-0.15, -0.1) is 0 Å². The maximum Gasteiger partial charge on any atom is 0.309 e. The molecule has 2 saturated carbocycles. The highest BCUT2D eigenvalue weighted by atomic mass is 16.4. The fourth-order valence-electron chi connectivity index (χ4n) is 3.76. The molecular weight excluding hydrogens is 192 g/mol. The number of aldehydes is 1. The molecule has 0 aromatic heterocycles. The average molecular weight is 210 g/mol. The summed E-state index contributed by atoms with van der Waals surface area (Å²) >= 11 is 0. The van der Waals surface area contributed by atoms with Gasteiger partial charge in [-0.25, -0.2) is 0 Å². The predicted molar refractivity (Wildman–Crippen MR) is 55.4 cm³/mol. The van der Waals surface area contributed by atoms with Gasteiger partial charge in [-0.1, -0.05) is 6.92 Å². The number of hydrogen-bond donors (Lipinski definition) is 1. The molecule has 4 atom stereocenters. The molecule has 15 heavy (non-hydrogen) atoms. The number of carbonyl (C=O) groups is 2. The van der Waals surface area contributed by atoms with Crippen molar-refractivity contribution in [3.63, 3.8) is 0 Å². The van der Waals surface area contributed by atoms with E-state index in [4.69, 9.17) is 0 Å². The van der Waals surface area contributed by atoms with Crippen molar-refractivity contribution >= 4 is 12.3 Å². The number of hydrogen-bond acceptors (Lipinski definition) is 2. The number of carboxylic acids is 1. The third-order valence-corrected chi connectivity index (χ3v) is 4.09. The van der Waals surface area contributed by atoms with Crippen molar-refractivity contribution in [2.75, 3.05) is 0 Å². The van der Waals surface area contributed by atoms with Crippen molar-refractivity contribution in [1.82, 2.24) is 0 Å². The van der Waals surface area contributed by atoms with Crippen LogP contribution in [0.2, 0.25) is 0 Å². The lowest BCUT2D eigenvalue weighted by atomic mass is 9.57. The van der Waals surface area contributed by atoms with Gasteiger partial charge < -0.3 is 9.90 Å². The molecule has 2 aliphatic carbocycles. The summed E-state index contributed by atoms with van der Waals surface area (Å²) < 4.78 is 0. The molecule has 0 saturated heterocycles. The van der Waals surface area contributed by atoms with Gasteiger partial charge in [0.25, 0.3) is 0 Å². The second kappa shape index (κ2) is 3.62. The van der Waals surface area contributed by atoms with Gasteiger partial charge in [0.2, 0.25) is 0 Å². The smallest absolute Gasteiger partial charge is 0.309 e. The van der Waals surface area contributed by atoms with Crippen LogP contribution in [0.25, 0.3) is 0 Å². The number of fused-ring (bicyclic) bond motifs is 2. The second-order valence-electron chi connectivity index (χ2n) is 5.54. The molecule has 2 bridgehead atoms. The third-order valence-electron chi connectivity index (χ3n) is 4.09. The largest absolute Gasteiger partial charge is 0.481 e. The van der Waals surface area contributed by atoms with Gasteiger partial charge in [0.15, 0.2) is 0 Å². The minimum Gasteiger partial charge on any atom is -0.481 e. The van der Waals surface area contributed by atoms with E-state index in [-0.39, 0.29) is 5.92 Å². The van der Waals surface area contributed by atoms with Crippen LogP contribution in [0, 0.1) is 23.2 Å². The molecule has 0 amide bonds. The van der Waals surface area contributed by atoms with Crippen LogP contribution < -0.4 is 0 Å². The quantitative estimate of drug-likeness (QED) is 0.710. The van der Waals surface area contributed by atoms with Crippen LogP contribution >= 0.6 is 0 Å². The Morgan fingerprint density at radius 2 is 2.07 bits per heavy atom. The van der Waals surface area contributed by atoms with Crippen molar-refractivity contribution in [2.45, 2.75) is 39.0 Å². The first-order valence-corrected chi connectivity index (χ1v) is 5.74. The summed E-state index contributed by atoms with van der Waals surface area (Å²) in [5.74, 6) is 0.235. The van der Waals surface area contributed by atoms with Crippen LogP contribution in [0.1, 0.15) is 39.0 Å². The first-order valence-electron chi connectivity index (χ1n) is 5.74. The SMILES string of the molecule is CC1CC2CC(C=O)CC(C(=O)O)(C1)C2. The summed E-state index contributed by atoms with van der Waals surface area (Å²) in [4.78, 5) is 22.2. The molecule has 4 unspecified atom stereocenters. The zero-order valence-corrected chi connectivity index (χ0v) is 9.11. The van der Waals surface area contributed by atoms with E-state index in [2.05, 4.69) is 6.92 Å². The first kappa shape index (κ1) is 10.7. The molecule has 3 nitrogen and oxygen atoms in total. The average Bonchev–Trinajstić information content (AvgIpc) is 2.15. The molecule has 1 N–H and O–H groups in total. The van der Waals surface area contributed by atoms with E-state index in [1.54, 1.807) is 0 Å². The first-order chi connectivity index (χ1) is 7.05. The summed E-state index contributed by atoms with van der Waals surface area (Å²) in [6, 6.07) is 0. The highest BCUT2D eigenvalue weighted by Crippen LogP contribution is 2.52. The van der Waals surface area contributed by atoms with Crippen molar-refractivity contribution < 1.29 is 14.7 Å². The monoisotopic (exact) mass is 210 g/mol. The second-order valence-corrected chi connectivity index (χ2v) is 5.54. The lowest BCUT2D eigenvalue weighted by Crippen LogP contribution is -2.45. The van der Waals surface area contributed by atoms with Crippen molar-refractivity contribution in [1.29, 1.82) is 0 Å². The van der Waals surface area contributed by atoms with Crippen LogP contribution in [0.5, 0.6) is 0 Å². The van der Waals surface area contributed by atoms with Crippen molar-refractivity contribution in [3.05, 3.63) is 0 Å². The molecule has 3 heteroatoms. The van der Waals surface area contributed by atoms with Gasteiger partial charge in [-0.05, 0) is 43.9 Å². The van der Waals surface area contributed by atoms with Crippen LogP contribution in [-0.2, 0) is 9.59 Å². The summed E-state index contributed by atoms with van der Waals surface area (Å²) in [5.41, 5.74) is -0.591. The van der Waals surface area contributed by atoms with Crippen molar-refractivity contribution in [2.24, 2.45) is 23.2 Å². The lowest BCUT2D eigenvalue weighted by Gasteiger charge is -2.46. The topological polar surface area (TPSA) is 54.4 Å². The Hall–Kier alpha value is -0.860. The zero-order chi connectivity index (χ0) is 11.1. The molecule has 0 aromatic rings. The van der Waals surface area contributed by atoms with Gasteiger partial charge in [-0.2, -0.15) is 0 Å². The number of carboxylic acid groups (broad SMARTS) is 1. The van der Waals surface area contributed by atoms with Crippen LogP contribution in [0.15, 0.2) is 0 Å². The maximum absolute atomic E-state index is 11.4. The molecule has 0 heterocycles. The Balaban J connectivity index is 2.24. The normalized spacial score (nSPS) is 44.7. The van der Waals surface area contributed by atoms with Gasteiger partial charge in [-0.3, -0.25) is 4.79 Å². The minimum absolute atomic E-state index is 0.0210. The molecule has 0 radical (unpaired) electrons. The van der Waals surface area contributed by atoms with Gasteiger partial charge in [0.1, 0.15) is 6.29 Å². The van der Waals surface area contributed by atoms with Crippen LogP contribution in [-0.4, -0.2) is 17.4 Å². The number of aliphatic carboxylic acids is 1. The summed E-state index contributed by atoms with van der Waals surface area (Å²) in [7, 11) is 0. The Morgan fingerprint density at radius 1 is 1.33 bits per heavy atom. The van der Waals surface area contributed by atoms with E-state index in [0.717, 1.165) is 32.0 Å². The maximum atomic E-state index is 11.4. The highest BCUT2D eigenvalue weighted by Gasteiger charge is 2.49. The molecular formula is C12H18O3. The third kappa shape index (κ3) is 1.80. The lowest BCUT2D eigenvalue weighted by molar-refractivity contribution is -0.158. The van der Waals surface area contributed by atoms with Gasteiger partial charge in [0.05, 0.1) is 5.41 Å². The predicted octanol–water partition coefficient (Wildman–Crippen LogP) is 2.10. The Labute approximate surface area is 89.9 Å². The molecule has 2 rings (SSSR count). The molecule has 2 aliphatic rings. The van der Waals surface area contributed by atoms with E-state index in [1.807, 2.05) is 0 Å². The molecule has 0 aromatic carbocycles. The van der Waals surface area contributed by atoms with E-state index in [0.29, 0.717) is 18.3 Å². The van der Waals surface area contributed by atoms with Gasteiger partial charge >= 0.3 is 5.97 Å². The highest BCUT2D eigenvalue weighted by molar-refractivity contribution is 5.76. The zero-order valence-electron chi connectivity index (χ0n) is 9.11. The molecule has 84 valence electrons. The van der Waals surface area contributed by atoms with E-state index >= 15 is 0 Å². The summed E-state index contributed by atoms with van der Waals surface area (Å²) in [5, 5.41) is 9.36. The Morgan fingerprint density at radius 3 is 2.67 bits per heavy atom. The summed E-state index contributed by atoms with van der Waals surface area (Å²) in [6.45, 7) is 2.13. The van der Waals surface area contributed by atoms with Crippen LogP contribution in [0.4, 0.5) is 0 Å². The van der Waals surface area contributed by atoms with Gasteiger partial charge in [0, 0.05) is 5.92 Å². The van der Waals surface area contributed by atoms with E-state index in [1.165, 1.54) is 0 Å². The fourth-order valence-corrected chi connectivity index (χ4v) is 3.76. The molecule has 0 aliphatic heterocycles. The van der Waals surface area contributed by atoms with E-state index < -0.39 is 11.4 Å². The number of rotatable bonds is 2. The Bertz CT molecular complexity index is 283. The number of carbonyl (C=O) groups excluding carboxylic acids is 1. The van der Waals surface area contributed by atoms with Crippen molar-refractivity contribution in [3.8, 4) is 0 Å². The minimum atomic E-state index is -0.689. The fraction of sp³-hybridized carbons (Fsp3) is 0.833. The van der Waals surface area contributed by atoms with Crippen LogP contribution in [0.3, 0.4) is 0 Å². The van der Waals surface area contributed by atoms with E-state index in [9.17, 15) is 14.7 Å². The standard InChI is InChI=1S/C12H18O3/c1-8-2-9-3-10(7-13)6-12(4-8,5-9)11(14)15/h7-10H,2-6H2,1H3,(H,14,15). The molecule has 2 fully saturated rings. The Kier molecular flexibility index (Phi) is 2.57. The summed E-state index contributed by atoms with van der Waals surface area (Å²) in [6.07, 6.45) is 5.06. The molecule has 0 spiro atoms.